The molecule has 2 nitrogen and oxygen atoms in total. The van der Waals surface area contributed by atoms with E-state index in [1.165, 1.54) is 51.9 Å². The van der Waals surface area contributed by atoms with Crippen LogP contribution in [0, 0.1) is 0 Å². The van der Waals surface area contributed by atoms with Crippen LogP contribution >= 0.6 is 11.8 Å². The van der Waals surface area contributed by atoms with Gasteiger partial charge < -0.3 is 0 Å². The summed E-state index contributed by atoms with van der Waals surface area (Å²) in [5, 5.41) is 0.777. The first kappa shape index (κ1) is 13.7. The predicted molar refractivity (Wildman–Crippen MR) is 77.8 cm³/mol. The molecule has 2 aliphatic rings. The van der Waals surface area contributed by atoms with Crippen LogP contribution < -0.4 is 0 Å². The van der Waals surface area contributed by atoms with Gasteiger partial charge in [-0.05, 0) is 32.1 Å². The van der Waals surface area contributed by atoms with Crippen LogP contribution in [0.15, 0.2) is 0 Å². The van der Waals surface area contributed by atoms with Crippen molar-refractivity contribution in [2.45, 2.75) is 56.9 Å². The van der Waals surface area contributed by atoms with E-state index in [-0.39, 0.29) is 0 Å². The summed E-state index contributed by atoms with van der Waals surface area (Å²) in [4.78, 5) is 5.53. The Hall–Kier alpha value is 0.270. The zero-order chi connectivity index (χ0) is 12.3. The van der Waals surface area contributed by atoms with Gasteiger partial charge in [0.15, 0.2) is 0 Å². The van der Waals surface area contributed by atoms with E-state index in [0.29, 0.717) is 0 Å². The molecule has 3 heteroatoms. The Balaban J connectivity index is 1.94. The highest BCUT2D eigenvalue weighted by atomic mass is 32.2. The highest BCUT2D eigenvalue weighted by molar-refractivity contribution is 7.99. The van der Waals surface area contributed by atoms with Crippen molar-refractivity contribution in [2.24, 2.45) is 0 Å². The number of nitrogens with zero attached hydrogens (tertiary/aromatic N) is 2. The summed E-state index contributed by atoms with van der Waals surface area (Å²) >= 11 is 2.01. The van der Waals surface area contributed by atoms with Gasteiger partial charge in [0, 0.05) is 37.0 Å². The van der Waals surface area contributed by atoms with E-state index in [0.717, 1.165) is 17.3 Å². The van der Waals surface area contributed by atoms with E-state index in [2.05, 4.69) is 29.9 Å². The fourth-order valence-corrected chi connectivity index (χ4v) is 3.67. The van der Waals surface area contributed by atoms with Gasteiger partial charge in [-0.3, -0.25) is 9.80 Å². The summed E-state index contributed by atoms with van der Waals surface area (Å²) in [6, 6.07) is 1.67. The second kappa shape index (κ2) is 6.44. The van der Waals surface area contributed by atoms with Gasteiger partial charge in [-0.1, -0.05) is 20.3 Å². The van der Waals surface area contributed by atoms with E-state index in [9.17, 15) is 0 Å². The minimum Gasteiger partial charge on any atom is -0.298 e. The predicted octanol–water partition coefficient (Wildman–Crippen LogP) is 2.69. The number of piperazine rings is 1. The molecule has 0 N–H and O–H groups in total. The molecule has 0 aromatic heterocycles. The molecular weight excluding hydrogens is 228 g/mol. The first-order valence-electron chi connectivity index (χ1n) is 7.25. The average molecular weight is 256 g/mol. The first-order valence-corrected chi connectivity index (χ1v) is 8.54. The van der Waals surface area contributed by atoms with E-state index in [1.807, 2.05) is 11.8 Å². The van der Waals surface area contributed by atoms with Crippen LogP contribution in [0.3, 0.4) is 0 Å². The molecule has 0 spiro atoms. The molecule has 0 saturated carbocycles. The van der Waals surface area contributed by atoms with Crippen molar-refractivity contribution in [3.05, 3.63) is 0 Å². The average Bonchev–Trinajstić information content (AvgIpc) is 2.37. The summed E-state index contributed by atoms with van der Waals surface area (Å²) in [5.74, 6) is 0. The second-order valence-electron chi connectivity index (χ2n) is 5.71. The standard InChI is InChI=1S/C14H28N2S/c1-4-13-10-15-8-6-5-7-14(15)11-16(13)9-12(2)17-3/h12-14H,4-11H2,1-3H3. The zero-order valence-corrected chi connectivity index (χ0v) is 12.5. The molecule has 2 fully saturated rings. The maximum atomic E-state index is 2.77. The van der Waals surface area contributed by atoms with Crippen molar-refractivity contribution in [3.8, 4) is 0 Å². The minimum atomic E-state index is 0.777. The van der Waals surface area contributed by atoms with Gasteiger partial charge in [-0.15, -0.1) is 0 Å². The van der Waals surface area contributed by atoms with Gasteiger partial charge in [-0.2, -0.15) is 11.8 Å². The lowest BCUT2D eigenvalue weighted by molar-refractivity contribution is 0.00849. The molecule has 2 rings (SSSR count). The van der Waals surface area contributed by atoms with Crippen LogP contribution in [0.25, 0.3) is 0 Å². The summed E-state index contributed by atoms with van der Waals surface area (Å²) in [7, 11) is 0. The maximum absolute atomic E-state index is 2.77. The lowest BCUT2D eigenvalue weighted by Crippen LogP contribution is -2.60. The number of thioether (sulfide) groups is 1. The minimum absolute atomic E-state index is 0.777. The summed E-state index contributed by atoms with van der Waals surface area (Å²) in [6.07, 6.45) is 7.85. The van der Waals surface area contributed by atoms with Gasteiger partial charge in [0.05, 0.1) is 0 Å². The van der Waals surface area contributed by atoms with Crippen LogP contribution in [0.5, 0.6) is 0 Å². The SMILES string of the molecule is CCC1CN2CCCCC2CN1CC(C)SC. The third-order valence-electron chi connectivity index (χ3n) is 4.52. The Labute approximate surface area is 111 Å². The quantitative estimate of drug-likeness (QED) is 0.763. The normalized spacial score (nSPS) is 33.4. The second-order valence-corrected chi connectivity index (χ2v) is 6.98. The van der Waals surface area contributed by atoms with Gasteiger partial charge in [0.2, 0.25) is 0 Å². The van der Waals surface area contributed by atoms with Crippen LogP contribution in [-0.2, 0) is 0 Å². The number of hydrogen-bond donors (Lipinski definition) is 0. The van der Waals surface area contributed by atoms with Crippen molar-refractivity contribution in [2.75, 3.05) is 32.4 Å². The molecule has 0 aliphatic carbocycles. The van der Waals surface area contributed by atoms with Crippen molar-refractivity contribution < 1.29 is 0 Å². The Bertz CT molecular complexity index is 234. The van der Waals surface area contributed by atoms with Crippen molar-refractivity contribution in [3.63, 3.8) is 0 Å². The smallest absolute Gasteiger partial charge is 0.0223 e. The maximum Gasteiger partial charge on any atom is 0.0223 e. The topological polar surface area (TPSA) is 6.48 Å². The zero-order valence-electron chi connectivity index (χ0n) is 11.7. The largest absolute Gasteiger partial charge is 0.298 e. The first-order chi connectivity index (χ1) is 8.24. The highest BCUT2D eigenvalue weighted by Gasteiger charge is 2.34. The van der Waals surface area contributed by atoms with Gasteiger partial charge in [0.1, 0.15) is 0 Å². The molecular formula is C14H28N2S. The molecule has 3 unspecified atom stereocenters. The molecule has 0 aromatic carbocycles. The molecule has 0 aromatic rings. The van der Waals surface area contributed by atoms with Crippen LogP contribution in [0.1, 0.15) is 39.5 Å². The summed E-state index contributed by atoms with van der Waals surface area (Å²) in [5.41, 5.74) is 0. The lowest BCUT2D eigenvalue weighted by atomic mass is 9.95. The number of rotatable bonds is 4. The van der Waals surface area contributed by atoms with Gasteiger partial charge in [-0.25, -0.2) is 0 Å². The van der Waals surface area contributed by atoms with Crippen molar-refractivity contribution >= 4 is 11.8 Å². The Morgan fingerprint density at radius 1 is 1.29 bits per heavy atom. The van der Waals surface area contributed by atoms with E-state index < -0.39 is 0 Å². The molecule has 2 saturated heterocycles. The van der Waals surface area contributed by atoms with Gasteiger partial charge >= 0.3 is 0 Å². The fraction of sp³-hybridized carbons (Fsp3) is 1.00. The van der Waals surface area contributed by atoms with Crippen molar-refractivity contribution in [1.29, 1.82) is 0 Å². The van der Waals surface area contributed by atoms with Gasteiger partial charge in [0.25, 0.3) is 0 Å². The summed E-state index contributed by atoms with van der Waals surface area (Å²) in [6.45, 7) is 10.00. The number of hydrogen-bond acceptors (Lipinski definition) is 3. The van der Waals surface area contributed by atoms with E-state index in [1.54, 1.807) is 0 Å². The lowest BCUT2D eigenvalue weighted by Gasteiger charge is -2.49. The summed E-state index contributed by atoms with van der Waals surface area (Å²) < 4.78 is 0. The van der Waals surface area contributed by atoms with Crippen LogP contribution in [-0.4, -0.2) is 59.6 Å². The molecule has 17 heavy (non-hydrogen) atoms. The molecule has 3 atom stereocenters. The highest BCUT2D eigenvalue weighted by Crippen LogP contribution is 2.26. The molecule has 0 radical (unpaired) electrons. The molecule has 2 aliphatic heterocycles. The van der Waals surface area contributed by atoms with E-state index >= 15 is 0 Å². The monoisotopic (exact) mass is 256 g/mol. The van der Waals surface area contributed by atoms with Crippen LogP contribution in [0.4, 0.5) is 0 Å². The fourth-order valence-electron chi connectivity index (χ4n) is 3.33. The number of piperidine rings is 1. The number of fused-ring (bicyclic) bond motifs is 1. The Morgan fingerprint density at radius 2 is 2.12 bits per heavy atom. The Kier molecular flexibility index (Phi) is 5.19. The van der Waals surface area contributed by atoms with Crippen molar-refractivity contribution in [1.82, 2.24) is 9.80 Å². The van der Waals surface area contributed by atoms with Crippen LogP contribution in [0.2, 0.25) is 0 Å². The Morgan fingerprint density at radius 3 is 2.82 bits per heavy atom. The van der Waals surface area contributed by atoms with E-state index in [4.69, 9.17) is 0 Å². The molecule has 0 bridgehead atoms. The third kappa shape index (κ3) is 3.39. The molecule has 2 heterocycles. The third-order valence-corrected chi connectivity index (χ3v) is 5.48. The molecule has 100 valence electrons. The molecule has 0 amide bonds.